The standard InChI is InChI=1S/C23H38N3O/c1-3-5-7-9-11-13-19-26(20-14-12-10-8-6-4-2)23(27)21-15-17-22(25-24)18-16-21/h15-18H,3-14,19-20H2,1-2H3/q+1. The van der Waals surface area contributed by atoms with Gasteiger partial charge in [-0.05, 0) is 25.0 Å². The number of hydrogen-bond acceptors (Lipinski definition) is 2. The Morgan fingerprint density at radius 1 is 0.778 bits per heavy atom. The van der Waals surface area contributed by atoms with Gasteiger partial charge in [-0.15, -0.1) is 0 Å². The molecule has 0 saturated heterocycles. The van der Waals surface area contributed by atoms with Crippen LogP contribution >= 0.6 is 0 Å². The van der Waals surface area contributed by atoms with E-state index in [-0.39, 0.29) is 5.91 Å². The van der Waals surface area contributed by atoms with Crippen molar-refractivity contribution < 1.29 is 4.79 Å². The number of hydrogen-bond donors (Lipinski definition) is 0. The molecule has 0 spiro atoms. The summed E-state index contributed by atoms with van der Waals surface area (Å²) in [7, 11) is 0. The smallest absolute Gasteiger partial charge is 0.339 e. The zero-order valence-corrected chi connectivity index (χ0v) is 17.5. The molecule has 0 aromatic heterocycles. The van der Waals surface area contributed by atoms with Gasteiger partial charge in [0, 0.05) is 30.8 Å². The van der Waals surface area contributed by atoms with Gasteiger partial charge in [0.05, 0.1) is 0 Å². The average Bonchev–Trinajstić information content (AvgIpc) is 2.71. The summed E-state index contributed by atoms with van der Waals surface area (Å²) >= 11 is 0. The first kappa shape index (κ1) is 23.1. The van der Waals surface area contributed by atoms with E-state index < -0.39 is 0 Å². The van der Waals surface area contributed by atoms with E-state index in [9.17, 15) is 4.79 Å². The first-order valence-corrected chi connectivity index (χ1v) is 11.0. The molecule has 1 amide bonds. The maximum Gasteiger partial charge on any atom is 0.385 e. The third-order valence-electron chi connectivity index (χ3n) is 5.08. The fraction of sp³-hybridized carbons (Fsp3) is 0.696. The number of rotatable bonds is 15. The third kappa shape index (κ3) is 10.1. The van der Waals surface area contributed by atoms with Crippen molar-refractivity contribution in [3.63, 3.8) is 0 Å². The van der Waals surface area contributed by atoms with Gasteiger partial charge in [0.2, 0.25) is 5.39 Å². The predicted molar refractivity (Wildman–Crippen MR) is 114 cm³/mol. The zero-order chi connectivity index (χ0) is 19.7. The molecule has 0 aliphatic rings. The maximum atomic E-state index is 12.9. The molecule has 1 aromatic rings. The molecule has 0 unspecified atom stereocenters. The minimum absolute atomic E-state index is 0.0987. The summed E-state index contributed by atoms with van der Waals surface area (Å²) in [6.45, 7) is 6.14. The van der Waals surface area contributed by atoms with Crippen LogP contribution in [0.25, 0.3) is 4.98 Å². The second-order valence-electron chi connectivity index (χ2n) is 7.47. The summed E-state index contributed by atoms with van der Waals surface area (Å²) in [5, 5.41) is 8.82. The normalized spacial score (nSPS) is 10.6. The van der Waals surface area contributed by atoms with Crippen molar-refractivity contribution in [3.8, 4) is 0 Å². The van der Waals surface area contributed by atoms with Gasteiger partial charge >= 0.3 is 5.69 Å². The Bertz CT molecular complexity index is 532. The predicted octanol–water partition coefficient (Wildman–Crippen LogP) is 7.33. The Kier molecular flexibility index (Phi) is 13.0. The Balaban J connectivity index is 2.51. The molecule has 27 heavy (non-hydrogen) atoms. The third-order valence-corrected chi connectivity index (χ3v) is 5.08. The minimum atomic E-state index is 0.0987. The molecule has 0 heterocycles. The molecule has 0 atom stereocenters. The van der Waals surface area contributed by atoms with E-state index in [1.54, 1.807) is 24.3 Å². The summed E-state index contributed by atoms with van der Waals surface area (Å²) in [4.78, 5) is 18.1. The molecular weight excluding hydrogens is 334 g/mol. The number of carbonyl (C=O) groups excluding carboxylic acids is 1. The molecule has 4 nitrogen and oxygen atoms in total. The highest BCUT2D eigenvalue weighted by atomic mass is 16.2. The van der Waals surface area contributed by atoms with Crippen molar-refractivity contribution in [2.45, 2.75) is 90.9 Å². The number of diazo groups is 1. The number of nitrogens with zero attached hydrogens (tertiary/aromatic N) is 3. The number of unbranched alkanes of at least 4 members (excludes halogenated alkanes) is 10. The Morgan fingerprint density at radius 2 is 1.22 bits per heavy atom. The summed E-state index contributed by atoms with van der Waals surface area (Å²) in [6, 6.07) is 6.88. The van der Waals surface area contributed by atoms with E-state index in [1.165, 1.54) is 64.2 Å². The van der Waals surface area contributed by atoms with Crippen molar-refractivity contribution >= 4 is 11.6 Å². The lowest BCUT2D eigenvalue weighted by molar-refractivity contribution is 0.0749. The van der Waals surface area contributed by atoms with Crippen LogP contribution in [0.4, 0.5) is 5.69 Å². The van der Waals surface area contributed by atoms with Crippen LogP contribution in [0.1, 0.15) is 101 Å². The first-order valence-electron chi connectivity index (χ1n) is 11.0. The Hall–Kier alpha value is -1.89. The van der Waals surface area contributed by atoms with Gasteiger partial charge in [0.1, 0.15) is 0 Å². The monoisotopic (exact) mass is 372 g/mol. The molecule has 0 fully saturated rings. The average molecular weight is 373 g/mol. The molecule has 0 aliphatic carbocycles. The molecule has 1 aromatic carbocycles. The quantitative estimate of drug-likeness (QED) is 0.239. The van der Waals surface area contributed by atoms with Crippen molar-refractivity contribution in [2.75, 3.05) is 13.1 Å². The van der Waals surface area contributed by atoms with Crippen LogP contribution in [-0.4, -0.2) is 23.9 Å². The Morgan fingerprint density at radius 3 is 1.67 bits per heavy atom. The summed E-state index contributed by atoms with van der Waals surface area (Å²) in [5.41, 5.74) is 1.16. The first-order chi connectivity index (χ1) is 13.2. The fourth-order valence-electron chi connectivity index (χ4n) is 3.33. The maximum absolute atomic E-state index is 12.9. The highest BCUT2D eigenvalue weighted by Gasteiger charge is 2.16. The number of amides is 1. The lowest BCUT2D eigenvalue weighted by Crippen LogP contribution is -2.33. The lowest BCUT2D eigenvalue weighted by atomic mass is 10.1. The molecule has 150 valence electrons. The van der Waals surface area contributed by atoms with Gasteiger partial charge < -0.3 is 4.90 Å². The molecule has 0 aliphatic heterocycles. The van der Waals surface area contributed by atoms with Crippen molar-refractivity contribution in [1.29, 1.82) is 5.39 Å². The van der Waals surface area contributed by atoms with Crippen LogP contribution < -0.4 is 0 Å². The second-order valence-corrected chi connectivity index (χ2v) is 7.47. The number of benzene rings is 1. The zero-order valence-electron chi connectivity index (χ0n) is 17.5. The highest BCUT2D eigenvalue weighted by molar-refractivity contribution is 5.94. The molecule has 0 bridgehead atoms. The van der Waals surface area contributed by atoms with Gasteiger partial charge in [-0.2, -0.15) is 0 Å². The largest absolute Gasteiger partial charge is 0.385 e. The summed E-state index contributed by atoms with van der Waals surface area (Å²) < 4.78 is 0. The van der Waals surface area contributed by atoms with Crippen molar-refractivity contribution in [3.05, 3.63) is 34.8 Å². The molecule has 0 radical (unpaired) electrons. The SMILES string of the molecule is CCCCCCCCN(CCCCCCCC)C(=O)c1ccc([N+]#N)cc1. The molecule has 0 saturated carbocycles. The van der Waals surface area contributed by atoms with Crippen LogP contribution in [0.2, 0.25) is 0 Å². The lowest BCUT2D eigenvalue weighted by Gasteiger charge is -2.23. The summed E-state index contributed by atoms with van der Waals surface area (Å²) in [6.07, 6.45) is 14.8. The van der Waals surface area contributed by atoms with E-state index in [4.69, 9.17) is 5.39 Å². The van der Waals surface area contributed by atoms with Crippen LogP contribution in [0, 0.1) is 5.39 Å². The molecule has 0 N–H and O–H groups in total. The highest BCUT2D eigenvalue weighted by Crippen LogP contribution is 2.16. The van der Waals surface area contributed by atoms with Crippen LogP contribution in [0.5, 0.6) is 0 Å². The van der Waals surface area contributed by atoms with Gasteiger partial charge in [-0.3, -0.25) is 4.79 Å². The van der Waals surface area contributed by atoms with E-state index in [0.29, 0.717) is 11.3 Å². The topological polar surface area (TPSA) is 48.5 Å². The number of carbonyl (C=O) groups is 1. The fourth-order valence-corrected chi connectivity index (χ4v) is 3.33. The summed E-state index contributed by atoms with van der Waals surface area (Å²) in [5.74, 6) is 0.0987. The molecule has 4 heteroatoms. The van der Waals surface area contributed by atoms with Gasteiger partial charge in [-0.1, -0.05) is 78.1 Å². The van der Waals surface area contributed by atoms with Crippen molar-refractivity contribution in [2.24, 2.45) is 0 Å². The minimum Gasteiger partial charge on any atom is -0.339 e. The van der Waals surface area contributed by atoms with Gasteiger partial charge in [0.15, 0.2) is 4.98 Å². The van der Waals surface area contributed by atoms with Gasteiger partial charge in [0.25, 0.3) is 5.91 Å². The van der Waals surface area contributed by atoms with Crippen LogP contribution in [-0.2, 0) is 0 Å². The van der Waals surface area contributed by atoms with Crippen LogP contribution in [0.15, 0.2) is 24.3 Å². The molecular formula is C23H38N3O+. The van der Waals surface area contributed by atoms with E-state index >= 15 is 0 Å². The van der Waals surface area contributed by atoms with Crippen molar-refractivity contribution in [1.82, 2.24) is 4.90 Å². The second kappa shape index (κ2) is 15.2. The Labute approximate surface area is 166 Å². The van der Waals surface area contributed by atoms with E-state index in [1.807, 2.05) is 4.90 Å². The van der Waals surface area contributed by atoms with E-state index in [2.05, 4.69) is 18.8 Å². The molecule has 1 rings (SSSR count). The van der Waals surface area contributed by atoms with E-state index in [0.717, 1.165) is 25.9 Å². The van der Waals surface area contributed by atoms with Gasteiger partial charge in [-0.25, -0.2) is 0 Å². The van der Waals surface area contributed by atoms with Crippen LogP contribution in [0.3, 0.4) is 0 Å².